The highest BCUT2D eigenvalue weighted by Gasteiger charge is 2.04. The van der Waals surface area contributed by atoms with Gasteiger partial charge in [-0.15, -0.1) is 0 Å². The zero-order chi connectivity index (χ0) is 15.4. The summed E-state index contributed by atoms with van der Waals surface area (Å²) in [5, 5.41) is 3.40. The van der Waals surface area contributed by atoms with Gasteiger partial charge in [-0.05, 0) is 51.2 Å². The molecule has 4 heteroatoms. The molecule has 0 bridgehead atoms. The summed E-state index contributed by atoms with van der Waals surface area (Å²) in [7, 11) is 0. The maximum atomic E-state index is 5.65. The fraction of sp³-hybridized carbons (Fsp3) is 0.235. The summed E-state index contributed by atoms with van der Waals surface area (Å²) < 4.78 is 0.912. The molecule has 0 saturated heterocycles. The highest BCUT2D eigenvalue weighted by atomic mass is 79.9. The molecule has 0 fully saturated rings. The molecular formula is C17H19BrN2S. The van der Waals surface area contributed by atoms with Crippen molar-refractivity contribution in [1.82, 2.24) is 0 Å². The van der Waals surface area contributed by atoms with Gasteiger partial charge in [-0.25, -0.2) is 0 Å². The van der Waals surface area contributed by atoms with Crippen LogP contribution in [0.3, 0.4) is 0 Å². The van der Waals surface area contributed by atoms with Crippen LogP contribution in [-0.2, 0) is 6.54 Å². The molecule has 0 saturated carbocycles. The third-order valence-electron chi connectivity index (χ3n) is 3.38. The number of hydrogen-bond donors (Lipinski definition) is 2. The first kappa shape index (κ1) is 16.0. The van der Waals surface area contributed by atoms with Crippen molar-refractivity contribution >= 4 is 38.8 Å². The highest BCUT2D eigenvalue weighted by Crippen LogP contribution is 2.22. The summed E-state index contributed by atoms with van der Waals surface area (Å²) in [6.45, 7) is 5.19. The van der Waals surface area contributed by atoms with Crippen molar-refractivity contribution in [2.24, 2.45) is 5.73 Å². The van der Waals surface area contributed by atoms with Crippen molar-refractivity contribution in [2.45, 2.75) is 26.3 Å². The van der Waals surface area contributed by atoms with Gasteiger partial charge in [0.25, 0.3) is 0 Å². The number of nitrogens with two attached hydrogens (primary N) is 1. The van der Waals surface area contributed by atoms with E-state index in [2.05, 4.69) is 59.4 Å². The SMILES string of the molecule is CC(C)c1ccc(CNc2ccc(C(N)=S)c(Br)c2)cc1. The second-order valence-corrected chi connectivity index (χ2v) is 6.60. The Morgan fingerprint density at radius 2 is 1.86 bits per heavy atom. The van der Waals surface area contributed by atoms with Crippen LogP contribution < -0.4 is 11.1 Å². The predicted octanol–water partition coefficient (Wildman–Crippen LogP) is 4.82. The molecule has 0 heterocycles. The lowest BCUT2D eigenvalue weighted by atomic mass is 10.0. The lowest BCUT2D eigenvalue weighted by molar-refractivity contribution is 0.865. The maximum absolute atomic E-state index is 5.65. The molecule has 0 radical (unpaired) electrons. The van der Waals surface area contributed by atoms with Gasteiger partial charge >= 0.3 is 0 Å². The van der Waals surface area contributed by atoms with Crippen LogP contribution in [0.4, 0.5) is 5.69 Å². The van der Waals surface area contributed by atoms with Crippen LogP contribution in [0.1, 0.15) is 36.5 Å². The summed E-state index contributed by atoms with van der Waals surface area (Å²) in [6, 6.07) is 14.6. The molecule has 0 amide bonds. The Hall–Kier alpha value is -1.39. The van der Waals surface area contributed by atoms with Crippen LogP contribution in [0.2, 0.25) is 0 Å². The van der Waals surface area contributed by atoms with Gasteiger partial charge < -0.3 is 11.1 Å². The number of hydrogen-bond acceptors (Lipinski definition) is 2. The van der Waals surface area contributed by atoms with Crippen LogP contribution in [0.15, 0.2) is 46.9 Å². The van der Waals surface area contributed by atoms with E-state index in [1.54, 1.807) is 0 Å². The largest absolute Gasteiger partial charge is 0.389 e. The minimum atomic E-state index is 0.401. The number of benzene rings is 2. The molecule has 0 aliphatic rings. The van der Waals surface area contributed by atoms with E-state index in [9.17, 15) is 0 Å². The van der Waals surface area contributed by atoms with Crippen LogP contribution in [-0.4, -0.2) is 4.99 Å². The molecule has 2 nitrogen and oxygen atoms in total. The van der Waals surface area contributed by atoms with Gasteiger partial charge in [-0.3, -0.25) is 0 Å². The minimum Gasteiger partial charge on any atom is -0.389 e. The Morgan fingerprint density at radius 1 is 1.19 bits per heavy atom. The summed E-state index contributed by atoms with van der Waals surface area (Å²) in [5.74, 6) is 0.565. The van der Waals surface area contributed by atoms with E-state index in [0.717, 1.165) is 22.3 Å². The smallest absolute Gasteiger partial charge is 0.105 e. The highest BCUT2D eigenvalue weighted by molar-refractivity contribution is 9.10. The third-order valence-corrected chi connectivity index (χ3v) is 4.25. The second kappa shape index (κ2) is 7.05. The fourth-order valence-electron chi connectivity index (χ4n) is 2.05. The van der Waals surface area contributed by atoms with E-state index in [4.69, 9.17) is 18.0 Å². The van der Waals surface area contributed by atoms with Crippen LogP contribution in [0.5, 0.6) is 0 Å². The van der Waals surface area contributed by atoms with Crippen LogP contribution in [0.25, 0.3) is 0 Å². The zero-order valence-corrected chi connectivity index (χ0v) is 14.6. The Kier molecular flexibility index (Phi) is 5.37. The molecule has 0 aliphatic heterocycles. The quantitative estimate of drug-likeness (QED) is 0.748. The molecule has 0 spiro atoms. The molecule has 0 atom stereocenters. The van der Waals surface area contributed by atoms with Crippen LogP contribution in [0, 0.1) is 0 Å². The van der Waals surface area contributed by atoms with Crippen molar-refractivity contribution in [3.8, 4) is 0 Å². The monoisotopic (exact) mass is 362 g/mol. The number of rotatable bonds is 5. The summed E-state index contributed by atoms with van der Waals surface area (Å²) in [5.41, 5.74) is 10.2. The molecule has 21 heavy (non-hydrogen) atoms. The van der Waals surface area contributed by atoms with Crippen molar-refractivity contribution in [2.75, 3.05) is 5.32 Å². The summed E-state index contributed by atoms with van der Waals surface area (Å²) >= 11 is 8.49. The Balaban J connectivity index is 2.03. The first-order valence-corrected chi connectivity index (χ1v) is 8.09. The Bertz CT molecular complexity index is 636. The van der Waals surface area contributed by atoms with Gasteiger partial charge in [0.1, 0.15) is 4.99 Å². The first-order valence-electron chi connectivity index (χ1n) is 6.89. The van der Waals surface area contributed by atoms with Crippen molar-refractivity contribution in [1.29, 1.82) is 0 Å². The lowest BCUT2D eigenvalue weighted by Crippen LogP contribution is -2.10. The number of anilines is 1. The molecule has 2 rings (SSSR count). The van der Waals surface area contributed by atoms with Crippen molar-refractivity contribution in [3.63, 3.8) is 0 Å². The normalized spacial score (nSPS) is 10.7. The lowest BCUT2D eigenvalue weighted by Gasteiger charge is -2.10. The van der Waals surface area contributed by atoms with Gasteiger partial charge in [0.15, 0.2) is 0 Å². The number of thiocarbonyl (C=S) groups is 1. The zero-order valence-electron chi connectivity index (χ0n) is 12.2. The molecule has 0 aromatic heterocycles. The maximum Gasteiger partial charge on any atom is 0.105 e. The molecule has 0 unspecified atom stereocenters. The van der Waals surface area contributed by atoms with E-state index in [-0.39, 0.29) is 0 Å². The predicted molar refractivity (Wildman–Crippen MR) is 97.9 cm³/mol. The van der Waals surface area contributed by atoms with Crippen LogP contribution >= 0.6 is 28.1 Å². The van der Waals surface area contributed by atoms with E-state index in [1.165, 1.54) is 11.1 Å². The molecule has 110 valence electrons. The topological polar surface area (TPSA) is 38.0 Å². The first-order chi connectivity index (χ1) is 9.97. The summed E-state index contributed by atoms with van der Waals surface area (Å²) in [6.07, 6.45) is 0. The Labute approximate surface area is 139 Å². The Morgan fingerprint density at radius 3 is 2.38 bits per heavy atom. The summed E-state index contributed by atoms with van der Waals surface area (Å²) in [4.78, 5) is 0.401. The van der Waals surface area contributed by atoms with E-state index >= 15 is 0 Å². The van der Waals surface area contributed by atoms with E-state index in [0.29, 0.717) is 10.9 Å². The molecule has 0 aliphatic carbocycles. The van der Waals surface area contributed by atoms with Gasteiger partial charge in [0.05, 0.1) is 0 Å². The second-order valence-electron chi connectivity index (χ2n) is 5.31. The van der Waals surface area contributed by atoms with Gasteiger partial charge in [-0.2, -0.15) is 0 Å². The molecule has 2 aromatic rings. The standard InChI is InChI=1S/C17H19BrN2S/c1-11(2)13-5-3-12(4-6-13)10-20-14-7-8-15(17(19)21)16(18)9-14/h3-9,11,20H,10H2,1-2H3,(H2,19,21). The third kappa shape index (κ3) is 4.29. The number of nitrogens with one attached hydrogen (secondary N) is 1. The van der Waals surface area contributed by atoms with Crippen molar-refractivity contribution < 1.29 is 0 Å². The van der Waals surface area contributed by atoms with Crippen molar-refractivity contribution in [3.05, 3.63) is 63.6 Å². The van der Waals surface area contributed by atoms with E-state index < -0.39 is 0 Å². The van der Waals surface area contributed by atoms with E-state index in [1.807, 2.05) is 18.2 Å². The van der Waals surface area contributed by atoms with Gasteiger partial charge in [0, 0.05) is 22.3 Å². The number of halogens is 1. The fourth-order valence-corrected chi connectivity index (χ4v) is 2.95. The van der Waals surface area contributed by atoms with Gasteiger partial charge in [-0.1, -0.05) is 50.3 Å². The molecular weight excluding hydrogens is 344 g/mol. The molecule has 3 N–H and O–H groups in total. The minimum absolute atomic E-state index is 0.401. The average molecular weight is 363 g/mol. The average Bonchev–Trinajstić information content (AvgIpc) is 2.45. The molecule has 2 aromatic carbocycles. The van der Waals surface area contributed by atoms with Gasteiger partial charge in [0.2, 0.25) is 0 Å².